The lowest BCUT2D eigenvalue weighted by Crippen LogP contribution is -2.13. The molecule has 0 amide bonds. The van der Waals surface area contributed by atoms with E-state index in [9.17, 15) is 0 Å². The van der Waals surface area contributed by atoms with Crippen molar-refractivity contribution in [2.75, 3.05) is 24.2 Å². The molecule has 5 N–H and O–H groups in total. The number of nitrogens with one attached hydrogen (secondary N) is 1. The van der Waals surface area contributed by atoms with Gasteiger partial charge >= 0.3 is 0 Å². The Hall–Kier alpha value is -3.00. The summed E-state index contributed by atoms with van der Waals surface area (Å²) in [5, 5.41) is 7.15. The van der Waals surface area contributed by atoms with Crippen molar-refractivity contribution in [3.05, 3.63) is 54.0 Å². The van der Waals surface area contributed by atoms with E-state index >= 15 is 0 Å². The van der Waals surface area contributed by atoms with Gasteiger partial charge in [0.2, 0.25) is 11.9 Å². The highest BCUT2D eigenvalue weighted by Gasteiger charge is 2.10. The summed E-state index contributed by atoms with van der Waals surface area (Å²) in [5.41, 5.74) is 12.8. The summed E-state index contributed by atoms with van der Waals surface area (Å²) in [4.78, 5) is 4.08. The number of furan rings is 1. The third kappa shape index (κ3) is 4.76. The molecule has 26 heavy (non-hydrogen) atoms. The molecule has 2 aromatic heterocycles. The monoisotopic (exact) mass is 356 g/mol. The molecule has 0 spiro atoms. The summed E-state index contributed by atoms with van der Waals surface area (Å²) in [7, 11) is 1.79. The molecule has 0 saturated heterocycles. The number of nitrogen functional groups attached to an aromatic ring is 1. The number of aryl methyl sites for hydroxylation is 1. The van der Waals surface area contributed by atoms with E-state index in [1.807, 2.05) is 36.4 Å². The molecule has 0 saturated carbocycles. The van der Waals surface area contributed by atoms with E-state index < -0.39 is 0 Å². The predicted molar refractivity (Wildman–Crippen MR) is 99.8 cm³/mol. The second-order valence-corrected chi connectivity index (χ2v) is 6.01. The molecule has 2 heterocycles. The Labute approximate surface area is 152 Å². The predicted octanol–water partition coefficient (Wildman–Crippen LogP) is 2.11. The summed E-state index contributed by atoms with van der Waals surface area (Å²) in [6, 6.07) is 11.5. The van der Waals surface area contributed by atoms with Gasteiger partial charge in [0.05, 0.1) is 12.9 Å². The molecule has 0 fully saturated rings. The first-order valence-electron chi connectivity index (χ1n) is 8.53. The van der Waals surface area contributed by atoms with E-state index in [1.54, 1.807) is 18.0 Å². The summed E-state index contributed by atoms with van der Waals surface area (Å²) >= 11 is 0. The number of rotatable bonds is 9. The second kappa shape index (κ2) is 8.39. The van der Waals surface area contributed by atoms with E-state index in [1.165, 1.54) is 0 Å². The van der Waals surface area contributed by atoms with Crippen LogP contribution in [-0.4, -0.2) is 27.9 Å². The Balaban J connectivity index is 1.44. The molecule has 8 heteroatoms. The van der Waals surface area contributed by atoms with Crippen molar-refractivity contribution in [3.8, 4) is 5.75 Å². The first kappa shape index (κ1) is 17.8. The quantitative estimate of drug-likeness (QED) is 0.503. The highest BCUT2D eigenvalue weighted by Crippen LogP contribution is 2.21. The fourth-order valence-corrected chi connectivity index (χ4v) is 2.62. The van der Waals surface area contributed by atoms with Crippen LogP contribution in [-0.2, 0) is 13.5 Å². The van der Waals surface area contributed by atoms with Crippen LogP contribution in [0.1, 0.15) is 23.8 Å². The first-order valence-corrected chi connectivity index (χ1v) is 8.53. The molecule has 0 aliphatic carbocycles. The van der Waals surface area contributed by atoms with Crippen LogP contribution in [0.25, 0.3) is 0 Å². The topological polar surface area (TPSA) is 117 Å². The Morgan fingerprint density at radius 2 is 2.19 bits per heavy atom. The minimum atomic E-state index is -0.132. The molecular weight excluding hydrogens is 332 g/mol. The largest absolute Gasteiger partial charge is 0.494 e. The van der Waals surface area contributed by atoms with Crippen LogP contribution in [0.3, 0.4) is 0 Å². The van der Waals surface area contributed by atoms with Crippen molar-refractivity contribution < 1.29 is 9.15 Å². The van der Waals surface area contributed by atoms with Gasteiger partial charge in [0.15, 0.2) is 0 Å². The normalized spacial score (nSPS) is 12.1. The van der Waals surface area contributed by atoms with Crippen LogP contribution in [0, 0.1) is 0 Å². The standard InChI is InChI=1S/C18H24N6O2/c1-24-18(22-17(20)23-24)21-8-4-10-26-14-6-2-5-13(11-14)16(19)12-15-7-3-9-25-15/h2-3,5-7,9,11,16H,4,8,10,12,19H2,1H3,(H3,20,21,22,23). The highest BCUT2D eigenvalue weighted by molar-refractivity contribution is 5.32. The van der Waals surface area contributed by atoms with Crippen LogP contribution in [0.2, 0.25) is 0 Å². The lowest BCUT2D eigenvalue weighted by molar-refractivity contribution is 0.314. The number of hydrogen-bond acceptors (Lipinski definition) is 7. The molecule has 0 radical (unpaired) electrons. The fraction of sp³-hybridized carbons (Fsp3) is 0.333. The third-order valence-electron chi connectivity index (χ3n) is 3.94. The molecule has 1 aromatic carbocycles. The van der Waals surface area contributed by atoms with Crippen LogP contribution >= 0.6 is 0 Å². The van der Waals surface area contributed by atoms with Crippen molar-refractivity contribution in [3.63, 3.8) is 0 Å². The summed E-state index contributed by atoms with van der Waals surface area (Å²) in [5.74, 6) is 2.59. The minimum absolute atomic E-state index is 0.132. The second-order valence-electron chi connectivity index (χ2n) is 6.01. The smallest absolute Gasteiger partial charge is 0.241 e. The molecule has 138 valence electrons. The van der Waals surface area contributed by atoms with Gasteiger partial charge in [0.1, 0.15) is 11.5 Å². The zero-order valence-corrected chi connectivity index (χ0v) is 14.8. The van der Waals surface area contributed by atoms with Crippen molar-refractivity contribution in [2.45, 2.75) is 18.9 Å². The lowest BCUT2D eigenvalue weighted by Gasteiger charge is -2.13. The SMILES string of the molecule is Cn1nc(N)nc1NCCCOc1cccc(C(N)Cc2ccco2)c1. The van der Waals surface area contributed by atoms with Gasteiger partial charge in [-0.25, -0.2) is 4.68 Å². The van der Waals surface area contributed by atoms with E-state index in [2.05, 4.69) is 15.4 Å². The number of benzene rings is 1. The molecule has 1 atom stereocenters. The molecule has 3 rings (SSSR count). The fourth-order valence-electron chi connectivity index (χ4n) is 2.62. The van der Waals surface area contributed by atoms with E-state index in [0.717, 1.165) is 23.5 Å². The molecule has 3 aromatic rings. The van der Waals surface area contributed by atoms with Gasteiger partial charge in [0, 0.05) is 26.1 Å². The Kier molecular flexibility index (Phi) is 5.75. The molecular formula is C18H24N6O2. The zero-order chi connectivity index (χ0) is 18.4. The molecule has 0 bridgehead atoms. The van der Waals surface area contributed by atoms with Gasteiger partial charge < -0.3 is 25.9 Å². The van der Waals surface area contributed by atoms with E-state index in [4.69, 9.17) is 20.6 Å². The van der Waals surface area contributed by atoms with Gasteiger partial charge in [-0.2, -0.15) is 4.98 Å². The average molecular weight is 356 g/mol. The van der Waals surface area contributed by atoms with Gasteiger partial charge in [-0.1, -0.05) is 12.1 Å². The van der Waals surface area contributed by atoms with Gasteiger partial charge in [0.25, 0.3) is 0 Å². The number of nitrogens with zero attached hydrogens (tertiary/aromatic N) is 3. The van der Waals surface area contributed by atoms with Gasteiger partial charge in [-0.15, -0.1) is 5.10 Å². The number of hydrogen-bond donors (Lipinski definition) is 3. The Bertz CT molecular complexity index is 815. The van der Waals surface area contributed by atoms with Gasteiger partial charge in [-0.3, -0.25) is 0 Å². The summed E-state index contributed by atoms with van der Waals surface area (Å²) in [6.45, 7) is 1.29. The lowest BCUT2D eigenvalue weighted by atomic mass is 10.0. The van der Waals surface area contributed by atoms with Crippen molar-refractivity contribution in [2.24, 2.45) is 12.8 Å². The summed E-state index contributed by atoms with van der Waals surface area (Å²) < 4.78 is 12.8. The van der Waals surface area contributed by atoms with Gasteiger partial charge in [-0.05, 0) is 36.2 Å². The van der Waals surface area contributed by atoms with Crippen LogP contribution in [0.5, 0.6) is 5.75 Å². The Morgan fingerprint density at radius 1 is 1.31 bits per heavy atom. The maximum absolute atomic E-state index is 6.26. The Morgan fingerprint density at radius 3 is 2.92 bits per heavy atom. The van der Waals surface area contributed by atoms with Crippen LogP contribution in [0.4, 0.5) is 11.9 Å². The van der Waals surface area contributed by atoms with E-state index in [0.29, 0.717) is 25.5 Å². The van der Waals surface area contributed by atoms with Crippen LogP contribution < -0.4 is 21.5 Å². The molecule has 8 nitrogen and oxygen atoms in total. The zero-order valence-electron chi connectivity index (χ0n) is 14.8. The first-order chi connectivity index (χ1) is 12.6. The molecule has 1 unspecified atom stereocenters. The maximum Gasteiger partial charge on any atom is 0.241 e. The minimum Gasteiger partial charge on any atom is -0.494 e. The number of anilines is 2. The summed E-state index contributed by atoms with van der Waals surface area (Å²) in [6.07, 6.45) is 3.13. The molecule has 0 aliphatic rings. The number of ether oxygens (including phenoxy) is 1. The maximum atomic E-state index is 6.26. The van der Waals surface area contributed by atoms with Crippen molar-refractivity contribution in [1.29, 1.82) is 0 Å². The van der Waals surface area contributed by atoms with Crippen molar-refractivity contribution in [1.82, 2.24) is 14.8 Å². The highest BCUT2D eigenvalue weighted by atomic mass is 16.5. The van der Waals surface area contributed by atoms with E-state index in [-0.39, 0.29) is 12.0 Å². The number of nitrogens with two attached hydrogens (primary N) is 2. The van der Waals surface area contributed by atoms with Crippen LogP contribution in [0.15, 0.2) is 47.1 Å². The molecule has 0 aliphatic heterocycles. The van der Waals surface area contributed by atoms with Crippen molar-refractivity contribution >= 4 is 11.9 Å². The third-order valence-corrected chi connectivity index (χ3v) is 3.94. The average Bonchev–Trinajstić information content (AvgIpc) is 3.24. The number of aromatic nitrogens is 3.